The minimum atomic E-state index is -3.05. The van der Waals surface area contributed by atoms with Gasteiger partial charge >= 0.3 is 6.61 Å². The van der Waals surface area contributed by atoms with Crippen molar-refractivity contribution in [3.63, 3.8) is 0 Å². The number of ether oxygens (including phenoxy) is 1. The van der Waals surface area contributed by atoms with Crippen LogP contribution in [-0.4, -0.2) is 37.2 Å². The fraction of sp³-hybridized carbons (Fsp3) is 0.190. The minimum absolute atomic E-state index is 0.126. The molecule has 8 nitrogen and oxygen atoms in total. The molecule has 0 amide bonds. The van der Waals surface area contributed by atoms with Gasteiger partial charge in [-0.3, -0.25) is 9.89 Å². The minimum Gasteiger partial charge on any atom is -0.434 e. The van der Waals surface area contributed by atoms with Gasteiger partial charge in [-0.05, 0) is 30.7 Å². The van der Waals surface area contributed by atoms with Crippen molar-refractivity contribution in [3.8, 4) is 23.1 Å². The summed E-state index contributed by atoms with van der Waals surface area (Å²) in [6, 6.07) is 7.77. The van der Waals surface area contributed by atoms with Crippen LogP contribution in [-0.2, 0) is 0 Å². The van der Waals surface area contributed by atoms with Crippen LogP contribution >= 0.6 is 0 Å². The monoisotopic (exact) mass is 422 g/mol. The van der Waals surface area contributed by atoms with E-state index in [2.05, 4.69) is 25.0 Å². The number of fused-ring (bicyclic) bond motifs is 1. The van der Waals surface area contributed by atoms with Gasteiger partial charge in [0, 0.05) is 23.5 Å². The predicted octanol–water partition coefficient (Wildman–Crippen LogP) is 3.97. The molecule has 1 N–H and O–H groups in total. The topological polar surface area (TPSA) is 109 Å². The van der Waals surface area contributed by atoms with Gasteiger partial charge in [-0.15, -0.1) is 0 Å². The lowest BCUT2D eigenvalue weighted by atomic mass is 9.88. The van der Waals surface area contributed by atoms with E-state index in [9.17, 15) is 18.8 Å². The summed E-state index contributed by atoms with van der Waals surface area (Å²) in [5.74, 6) is -1.00. The van der Waals surface area contributed by atoms with Gasteiger partial charge < -0.3 is 4.74 Å². The Labute approximate surface area is 175 Å². The van der Waals surface area contributed by atoms with Crippen LogP contribution in [0.3, 0.4) is 0 Å². The molecule has 0 saturated heterocycles. The summed E-state index contributed by atoms with van der Waals surface area (Å²) in [6.45, 7) is -1.22. The summed E-state index contributed by atoms with van der Waals surface area (Å²) in [6.07, 6.45) is 6.60. The molecule has 3 heterocycles. The van der Waals surface area contributed by atoms with Gasteiger partial charge in [0.25, 0.3) is 0 Å². The zero-order chi connectivity index (χ0) is 22.0. The lowest BCUT2D eigenvalue weighted by Crippen LogP contribution is -2.13. The quantitative estimate of drug-likeness (QED) is 0.452. The smallest absolute Gasteiger partial charge is 0.387 e. The van der Waals surface area contributed by atoms with Gasteiger partial charge in [-0.1, -0.05) is 6.92 Å². The lowest BCUT2D eigenvalue weighted by molar-refractivity contribution is -0.0494. The molecule has 0 aliphatic rings. The van der Waals surface area contributed by atoms with Gasteiger partial charge in [0.15, 0.2) is 11.4 Å². The number of carbonyl (C=O) groups excluding carboxylic acids is 1. The van der Waals surface area contributed by atoms with Crippen molar-refractivity contribution in [1.82, 2.24) is 24.8 Å². The number of halogens is 2. The summed E-state index contributed by atoms with van der Waals surface area (Å²) in [4.78, 5) is 17.6. The Morgan fingerprint density at radius 2 is 2.19 bits per heavy atom. The number of rotatable bonds is 7. The number of nitrogens with one attached hydrogen (secondary N) is 1. The molecule has 0 bridgehead atoms. The molecule has 0 saturated carbocycles. The van der Waals surface area contributed by atoms with Crippen molar-refractivity contribution in [2.45, 2.75) is 25.9 Å². The van der Waals surface area contributed by atoms with Crippen LogP contribution in [0.15, 0.2) is 49.1 Å². The Morgan fingerprint density at radius 3 is 2.94 bits per heavy atom. The molecule has 156 valence electrons. The van der Waals surface area contributed by atoms with Crippen LogP contribution in [0.4, 0.5) is 8.78 Å². The fourth-order valence-corrected chi connectivity index (χ4v) is 3.50. The molecule has 1 aromatic carbocycles. The van der Waals surface area contributed by atoms with E-state index >= 15 is 0 Å². The number of alkyl halides is 2. The standard InChI is InChI=1S/C21H16F2N6O2/c1-2-13(19(30)16-11-27-29-7-3-6-25-20(16)29)15-10-26-28-18(15)14-8-12(9-24)4-5-17(14)31-21(22)23/h3-8,10-11,13,21H,2H2,1H3,(H,26,28). The predicted molar refractivity (Wildman–Crippen MR) is 106 cm³/mol. The Balaban J connectivity index is 1.80. The van der Waals surface area contributed by atoms with E-state index in [-0.39, 0.29) is 22.7 Å². The molecule has 4 rings (SSSR count). The number of nitrogens with zero attached hydrogens (tertiary/aromatic N) is 5. The van der Waals surface area contributed by atoms with Crippen molar-refractivity contribution in [1.29, 1.82) is 5.26 Å². The molecule has 4 aromatic rings. The maximum atomic E-state index is 13.4. The Bertz CT molecular complexity index is 1290. The van der Waals surface area contributed by atoms with Crippen molar-refractivity contribution in [2.75, 3.05) is 0 Å². The van der Waals surface area contributed by atoms with Crippen LogP contribution in [0.5, 0.6) is 5.75 Å². The number of nitriles is 1. The van der Waals surface area contributed by atoms with E-state index in [0.29, 0.717) is 28.9 Å². The van der Waals surface area contributed by atoms with E-state index in [1.54, 1.807) is 18.5 Å². The normalized spacial score (nSPS) is 12.1. The zero-order valence-electron chi connectivity index (χ0n) is 16.3. The molecule has 0 spiro atoms. The summed E-state index contributed by atoms with van der Waals surface area (Å²) in [7, 11) is 0. The summed E-state index contributed by atoms with van der Waals surface area (Å²) in [5, 5.41) is 20.2. The number of ketones is 1. The van der Waals surface area contributed by atoms with E-state index in [4.69, 9.17) is 0 Å². The molecule has 0 aliphatic carbocycles. The molecule has 1 atom stereocenters. The zero-order valence-corrected chi connectivity index (χ0v) is 16.3. The first kappa shape index (κ1) is 20.2. The van der Waals surface area contributed by atoms with E-state index in [1.165, 1.54) is 35.1 Å². The number of hydrogen-bond acceptors (Lipinski definition) is 6. The van der Waals surface area contributed by atoms with Crippen LogP contribution in [0.1, 0.15) is 40.7 Å². The van der Waals surface area contributed by atoms with Crippen LogP contribution in [0, 0.1) is 11.3 Å². The summed E-state index contributed by atoms with van der Waals surface area (Å²) in [5.41, 5.74) is 2.06. The van der Waals surface area contributed by atoms with Crippen molar-refractivity contribution < 1.29 is 18.3 Å². The van der Waals surface area contributed by atoms with Crippen molar-refractivity contribution in [3.05, 3.63) is 65.7 Å². The fourth-order valence-electron chi connectivity index (χ4n) is 3.50. The SMILES string of the molecule is CCC(C(=O)c1cnn2cccnc12)c1cn[nH]c1-c1cc(C#N)ccc1OC(F)F. The molecular weight excluding hydrogens is 406 g/mol. The first-order valence-electron chi connectivity index (χ1n) is 9.38. The van der Waals surface area contributed by atoms with Gasteiger partial charge in [-0.25, -0.2) is 9.50 Å². The molecule has 0 fully saturated rings. The number of Topliss-reactive ketones (excluding diaryl/α,β-unsaturated/α-hetero) is 1. The van der Waals surface area contributed by atoms with Crippen molar-refractivity contribution in [2.24, 2.45) is 0 Å². The molecule has 1 unspecified atom stereocenters. The highest BCUT2D eigenvalue weighted by Crippen LogP contribution is 2.37. The second-order valence-electron chi connectivity index (χ2n) is 6.67. The van der Waals surface area contributed by atoms with E-state index in [0.717, 1.165) is 0 Å². The highest BCUT2D eigenvalue weighted by molar-refractivity contribution is 6.06. The van der Waals surface area contributed by atoms with Gasteiger partial charge in [0.05, 0.1) is 41.2 Å². The molecule has 10 heteroatoms. The first-order chi connectivity index (χ1) is 15.0. The lowest BCUT2D eigenvalue weighted by Gasteiger charge is -2.16. The number of carbonyl (C=O) groups is 1. The molecule has 3 aromatic heterocycles. The number of benzene rings is 1. The van der Waals surface area contributed by atoms with Crippen molar-refractivity contribution >= 4 is 11.4 Å². The molecule has 0 radical (unpaired) electrons. The molecule has 31 heavy (non-hydrogen) atoms. The maximum Gasteiger partial charge on any atom is 0.387 e. The number of aromatic amines is 1. The second kappa shape index (κ2) is 8.31. The molecule has 0 aliphatic heterocycles. The van der Waals surface area contributed by atoms with Gasteiger partial charge in [-0.2, -0.15) is 24.2 Å². The number of aromatic nitrogens is 5. The molecular formula is C21H16F2N6O2. The first-order valence-corrected chi connectivity index (χ1v) is 9.38. The maximum absolute atomic E-state index is 13.4. The number of hydrogen-bond donors (Lipinski definition) is 1. The Kier molecular flexibility index (Phi) is 5.41. The van der Waals surface area contributed by atoms with Crippen LogP contribution < -0.4 is 4.74 Å². The largest absolute Gasteiger partial charge is 0.434 e. The van der Waals surface area contributed by atoms with Gasteiger partial charge in [0.1, 0.15) is 5.75 Å². The van der Waals surface area contributed by atoms with Crippen LogP contribution in [0.25, 0.3) is 16.9 Å². The Morgan fingerprint density at radius 1 is 1.35 bits per heavy atom. The third kappa shape index (κ3) is 3.73. The third-order valence-electron chi connectivity index (χ3n) is 4.91. The van der Waals surface area contributed by atoms with Gasteiger partial charge in [0.2, 0.25) is 0 Å². The number of H-pyrrole nitrogens is 1. The average molecular weight is 422 g/mol. The highest BCUT2D eigenvalue weighted by atomic mass is 19.3. The van der Waals surface area contributed by atoms with E-state index < -0.39 is 12.5 Å². The summed E-state index contributed by atoms with van der Waals surface area (Å²) < 4.78 is 32.0. The summed E-state index contributed by atoms with van der Waals surface area (Å²) >= 11 is 0. The van der Waals surface area contributed by atoms with Crippen LogP contribution in [0.2, 0.25) is 0 Å². The highest BCUT2D eigenvalue weighted by Gasteiger charge is 2.28. The Hall–Kier alpha value is -4.13. The third-order valence-corrected chi connectivity index (χ3v) is 4.91. The van der Waals surface area contributed by atoms with E-state index in [1.807, 2.05) is 13.0 Å². The second-order valence-corrected chi connectivity index (χ2v) is 6.67. The average Bonchev–Trinajstić information content (AvgIpc) is 3.41.